The van der Waals surface area contributed by atoms with Crippen LogP contribution in [0.5, 0.6) is 0 Å². The molecule has 0 saturated carbocycles. The number of benzene rings is 1. The summed E-state index contributed by atoms with van der Waals surface area (Å²) in [5.41, 5.74) is 0.742. The predicted octanol–water partition coefficient (Wildman–Crippen LogP) is 2.33. The minimum atomic E-state index is -1.17. The van der Waals surface area contributed by atoms with Gasteiger partial charge in [-0.1, -0.05) is 50.8 Å². The van der Waals surface area contributed by atoms with Crippen LogP contribution in [0.2, 0.25) is 0 Å². The lowest BCUT2D eigenvalue weighted by Gasteiger charge is -2.27. The second kappa shape index (κ2) is 8.95. The molecule has 0 fully saturated rings. The molecule has 1 aromatic rings. The Bertz CT molecular complexity index is 541. The van der Waals surface area contributed by atoms with Crippen LogP contribution in [0.1, 0.15) is 25.8 Å². The van der Waals surface area contributed by atoms with E-state index in [1.54, 1.807) is 0 Å². The van der Waals surface area contributed by atoms with Gasteiger partial charge in [0.2, 0.25) is 0 Å². The third-order valence-electron chi connectivity index (χ3n) is 3.39. The number of hydrogen-bond acceptors (Lipinski definition) is 4. The molecule has 2 atom stereocenters. The normalized spacial score (nSPS) is 13.2. The van der Waals surface area contributed by atoms with E-state index >= 15 is 0 Å². The Morgan fingerprint density at radius 3 is 2.39 bits per heavy atom. The molecule has 6 heteroatoms. The molecule has 0 aliphatic carbocycles. The van der Waals surface area contributed by atoms with Crippen molar-refractivity contribution in [3.05, 3.63) is 48.0 Å². The SMILES string of the molecule is C=C(C[C@@H](O)[C@@H](NC(=O)OCc1ccccc1)C(C)C)C(=O)O. The zero-order chi connectivity index (χ0) is 17.4. The number of aliphatic hydroxyl groups is 1. The average molecular weight is 321 g/mol. The summed E-state index contributed by atoms with van der Waals surface area (Å²) in [7, 11) is 0. The number of carbonyl (C=O) groups excluding carboxylic acids is 1. The van der Waals surface area contributed by atoms with Crippen LogP contribution in [0.15, 0.2) is 42.5 Å². The Hall–Kier alpha value is -2.34. The zero-order valence-corrected chi connectivity index (χ0v) is 13.4. The summed E-state index contributed by atoms with van der Waals surface area (Å²) in [6, 6.07) is 8.58. The first-order valence-corrected chi connectivity index (χ1v) is 7.37. The predicted molar refractivity (Wildman–Crippen MR) is 85.8 cm³/mol. The average Bonchev–Trinajstić information content (AvgIpc) is 2.51. The fourth-order valence-electron chi connectivity index (χ4n) is 2.07. The molecular weight excluding hydrogens is 298 g/mol. The van der Waals surface area contributed by atoms with Gasteiger partial charge in [0, 0.05) is 12.0 Å². The molecule has 1 rings (SSSR count). The van der Waals surface area contributed by atoms with Gasteiger partial charge in [0.05, 0.1) is 12.1 Å². The van der Waals surface area contributed by atoms with Gasteiger partial charge in [-0.2, -0.15) is 0 Å². The topological polar surface area (TPSA) is 95.9 Å². The van der Waals surface area contributed by atoms with E-state index in [-0.39, 0.29) is 24.5 Å². The number of carboxylic acids is 1. The second-order valence-electron chi connectivity index (χ2n) is 5.66. The van der Waals surface area contributed by atoms with Crippen LogP contribution in [0.4, 0.5) is 4.79 Å². The summed E-state index contributed by atoms with van der Waals surface area (Å²) in [4.78, 5) is 22.7. The molecule has 126 valence electrons. The number of amides is 1. The maximum atomic E-state index is 11.9. The lowest BCUT2D eigenvalue weighted by atomic mass is 9.94. The minimum Gasteiger partial charge on any atom is -0.478 e. The molecular formula is C17H23NO5. The van der Waals surface area contributed by atoms with Crippen molar-refractivity contribution in [1.29, 1.82) is 0 Å². The molecule has 0 saturated heterocycles. The van der Waals surface area contributed by atoms with Gasteiger partial charge in [-0.15, -0.1) is 0 Å². The van der Waals surface area contributed by atoms with Gasteiger partial charge in [-0.05, 0) is 11.5 Å². The molecule has 0 radical (unpaired) electrons. The highest BCUT2D eigenvalue weighted by atomic mass is 16.5. The van der Waals surface area contributed by atoms with E-state index in [1.807, 2.05) is 44.2 Å². The van der Waals surface area contributed by atoms with E-state index in [4.69, 9.17) is 9.84 Å². The van der Waals surface area contributed by atoms with Crippen LogP contribution in [0.3, 0.4) is 0 Å². The van der Waals surface area contributed by atoms with Crippen molar-refractivity contribution in [2.75, 3.05) is 0 Å². The van der Waals surface area contributed by atoms with Crippen LogP contribution in [-0.4, -0.2) is 34.4 Å². The van der Waals surface area contributed by atoms with Crippen molar-refractivity contribution in [2.45, 2.75) is 39.0 Å². The number of nitrogens with one attached hydrogen (secondary N) is 1. The summed E-state index contributed by atoms with van der Waals surface area (Å²) in [6.45, 7) is 7.14. The Labute approximate surface area is 135 Å². The molecule has 0 aliphatic heterocycles. The number of carbonyl (C=O) groups is 2. The quantitative estimate of drug-likeness (QED) is 0.639. The second-order valence-corrected chi connectivity index (χ2v) is 5.66. The molecule has 1 aromatic carbocycles. The molecule has 0 spiro atoms. The number of ether oxygens (including phenoxy) is 1. The number of aliphatic carboxylic acids is 1. The van der Waals surface area contributed by atoms with E-state index in [0.29, 0.717) is 0 Å². The number of alkyl carbamates (subject to hydrolysis) is 1. The number of rotatable bonds is 8. The largest absolute Gasteiger partial charge is 0.478 e. The lowest BCUT2D eigenvalue weighted by molar-refractivity contribution is -0.133. The van der Waals surface area contributed by atoms with E-state index in [9.17, 15) is 14.7 Å². The zero-order valence-electron chi connectivity index (χ0n) is 13.4. The van der Waals surface area contributed by atoms with Crippen LogP contribution in [-0.2, 0) is 16.1 Å². The monoisotopic (exact) mass is 321 g/mol. The van der Waals surface area contributed by atoms with Crippen LogP contribution in [0, 0.1) is 5.92 Å². The molecule has 23 heavy (non-hydrogen) atoms. The smallest absolute Gasteiger partial charge is 0.407 e. The molecule has 1 amide bonds. The fraction of sp³-hybridized carbons (Fsp3) is 0.412. The van der Waals surface area contributed by atoms with Crippen molar-refractivity contribution >= 4 is 12.1 Å². The van der Waals surface area contributed by atoms with E-state index in [2.05, 4.69) is 11.9 Å². The van der Waals surface area contributed by atoms with Crippen molar-refractivity contribution in [2.24, 2.45) is 5.92 Å². The van der Waals surface area contributed by atoms with Crippen molar-refractivity contribution in [3.8, 4) is 0 Å². The molecule has 3 N–H and O–H groups in total. The maximum Gasteiger partial charge on any atom is 0.407 e. The number of hydrogen-bond donors (Lipinski definition) is 3. The Morgan fingerprint density at radius 1 is 1.26 bits per heavy atom. The van der Waals surface area contributed by atoms with Gasteiger partial charge >= 0.3 is 12.1 Å². The van der Waals surface area contributed by atoms with Gasteiger partial charge in [0.15, 0.2) is 0 Å². The highest BCUT2D eigenvalue weighted by Gasteiger charge is 2.26. The third-order valence-corrected chi connectivity index (χ3v) is 3.39. The van der Waals surface area contributed by atoms with Crippen LogP contribution < -0.4 is 5.32 Å². The number of carboxylic acid groups (broad SMARTS) is 1. The molecule has 0 aliphatic rings. The summed E-state index contributed by atoms with van der Waals surface area (Å²) < 4.78 is 5.11. The van der Waals surface area contributed by atoms with E-state index in [0.717, 1.165) is 5.56 Å². The minimum absolute atomic E-state index is 0.101. The maximum absolute atomic E-state index is 11.9. The van der Waals surface area contributed by atoms with E-state index in [1.165, 1.54) is 0 Å². The molecule has 6 nitrogen and oxygen atoms in total. The number of aliphatic hydroxyl groups excluding tert-OH is 1. The first-order valence-electron chi connectivity index (χ1n) is 7.37. The van der Waals surface area contributed by atoms with Crippen LogP contribution in [0.25, 0.3) is 0 Å². The highest BCUT2D eigenvalue weighted by Crippen LogP contribution is 2.14. The summed E-state index contributed by atoms with van der Waals surface area (Å²) >= 11 is 0. The summed E-state index contributed by atoms with van der Waals surface area (Å²) in [6.07, 6.45) is -1.84. The van der Waals surface area contributed by atoms with Gasteiger partial charge in [-0.3, -0.25) is 0 Å². The van der Waals surface area contributed by atoms with Gasteiger partial charge < -0.3 is 20.3 Å². The molecule has 0 heterocycles. The first kappa shape index (κ1) is 18.7. The third kappa shape index (κ3) is 6.52. The van der Waals surface area contributed by atoms with Gasteiger partial charge in [0.25, 0.3) is 0 Å². The van der Waals surface area contributed by atoms with Gasteiger partial charge in [-0.25, -0.2) is 9.59 Å². The standard InChI is InChI=1S/C17H23NO5/c1-11(2)15(14(19)9-12(3)16(20)21)18-17(22)23-10-13-7-5-4-6-8-13/h4-8,11,14-15,19H,3,9-10H2,1-2H3,(H,18,22)(H,20,21)/t14-,15+/m1/s1. The Balaban J connectivity index is 2.55. The first-order chi connectivity index (χ1) is 10.8. The lowest BCUT2D eigenvalue weighted by Crippen LogP contribution is -2.47. The summed E-state index contributed by atoms with van der Waals surface area (Å²) in [5, 5.41) is 21.5. The van der Waals surface area contributed by atoms with Crippen molar-refractivity contribution < 1.29 is 24.5 Å². The fourth-order valence-corrected chi connectivity index (χ4v) is 2.07. The molecule has 0 bridgehead atoms. The highest BCUT2D eigenvalue weighted by molar-refractivity contribution is 5.85. The van der Waals surface area contributed by atoms with Crippen molar-refractivity contribution in [1.82, 2.24) is 5.32 Å². The van der Waals surface area contributed by atoms with E-state index < -0.39 is 24.2 Å². The Kier molecular flexibility index (Phi) is 7.28. The van der Waals surface area contributed by atoms with Crippen LogP contribution >= 0.6 is 0 Å². The Morgan fingerprint density at radius 2 is 1.87 bits per heavy atom. The molecule has 0 unspecified atom stereocenters. The van der Waals surface area contributed by atoms with Gasteiger partial charge in [0.1, 0.15) is 6.61 Å². The molecule has 0 aromatic heterocycles. The van der Waals surface area contributed by atoms with Crippen molar-refractivity contribution in [3.63, 3.8) is 0 Å². The summed E-state index contributed by atoms with van der Waals surface area (Å²) in [5.74, 6) is -1.27.